The third kappa shape index (κ3) is 4.38. The lowest BCUT2D eigenvalue weighted by molar-refractivity contribution is 0.102. The average Bonchev–Trinajstić information content (AvgIpc) is 2.97. The minimum absolute atomic E-state index is 0.0388. The van der Waals surface area contributed by atoms with Crippen LogP contribution in [0, 0.1) is 0 Å². The van der Waals surface area contributed by atoms with Crippen LogP contribution in [0.1, 0.15) is 10.4 Å². The monoisotopic (exact) mass is 452 g/mol. The van der Waals surface area contributed by atoms with Gasteiger partial charge in [0, 0.05) is 28.4 Å². The molecule has 2 aliphatic heterocycles. The summed E-state index contributed by atoms with van der Waals surface area (Å²) >= 11 is 1.22. The number of hydrogen-bond donors (Lipinski definition) is 2. The van der Waals surface area contributed by atoms with Crippen LogP contribution in [0.15, 0.2) is 51.8 Å². The van der Waals surface area contributed by atoms with Gasteiger partial charge >= 0.3 is 0 Å². The van der Waals surface area contributed by atoms with E-state index in [0.717, 1.165) is 16.8 Å². The van der Waals surface area contributed by atoms with Crippen molar-refractivity contribution in [2.24, 2.45) is 4.40 Å². The van der Waals surface area contributed by atoms with Crippen molar-refractivity contribution in [1.29, 1.82) is 0 Å². The Hall–Kier alpha value is -2.57. The highest BCUT2D eigenvalue weighted by atomic mass is 32.2. The lowest BCUT2D eigenvalue weighted by Crippen LogP contribution is -2.35. The van der Waals surface area contributed by atoms with E-state index in [1.807, 2.05) is 4.90 Å². The summed E-state index contributed by atoms with van der Waals surface area (Å²) in [7, 11) is -6.80. The van der Waals surface area contributed by atoms with Crippen LogP contribution < -0.4 is 14.9 Å². The topological polar surface area (TPSA) is 125 Å². The fourth-order valence-electron chi connectivity index (χ4n) is 2.91. The quantitative estimate of drug-likeness (QED) is 0.726. The van der Waals surface area contributed by atoms with Crippen LogP contribution in [0.5, 0.6) is 0 Å². The molecule has 9 nitrogen and oxygen atoms in total. The molecule has 2 heterocycles. The van der Waals surface area contributed by atoms with Gasteiger partial charge in [0.2, 0.25) is 10.0 Å². The second-order valence-corrected chi connectivity index (χ2v) is 11.0. The number of amides is 1. The van der Waals surface area contributed by atoms with Crippen molar-refractivity contribution < 1.29 is 21.6 Å². The maximum atomic E-state index is 12.6. The van der Waals surface area contributed by atoms with Gasteiger partial charge in [0.15, 0.2) is 5.17 Å². The van der Waals surface area contributed by atoms with Gasteiger partial charge in [0.25, 0.3) is 15.9 Å². The van der Waals surface area contributed by atoms with E-state index < -0.39 is 20.0 Å². The molecule has 0 spiro atoms. The van der Waals surface area contributed by atoms with E-state index in [0.29, 0.717) is 28.7 Å². The number of sulfonamides is 2. The number of anilines is 3. The van der Waals surface area contributed by atoms with Crippen LogP contribution in [0.2, 0.25) is 0 Å². The fraction of sp³-hybridized carbons (Fsp3) is 0.176. The van der Waals surface area contributed by atoms with E-state index in [1.54, 1.807) is 42.5 Å². The van der Waals surface area contributed by atoms with Crippen molar-refractivity contribution in [2.75, 3.05) is 33.5 Å². The zero-order chi connectivity index (χ0) is 20.8. The number of nitrogens with one attached hydrogen (secondary N) is 2. The largest absolute Gasteiger partial charge is 0.322 e. The van der Waals surface area contributed by atoms with E-state index in [2.05, 4.69) is 14.4 Å². The molecule has 1 amide bonds. The Morgan fingerprint density at radius 3 is 2.52 bits per heavy atom. The van der Waals surface area contributed by atoms with E-state index in [9.17, 15) is 21.6 Å². The Balaban J connectivity index is 1.50. The highest BCUT2D eigenvalue weighted by Crippen LogP contribution is 2.42. The Morgan fingerprint density at radius 1 is 1.14 bits per heavy atom. The van der Waals surface area contributed by atoms with Gasteiger partial charge in [-0.3, -0.25) is 9.52 Å². The molecule has 12 heteroatoms. The van der Waals surface area contributed by atoms with Crippen LogP contribution in [0.3, 0.4) is 0 Å². The third-order valence-corrected chi connectivity index (χ3v) is 7.09. The first-order valence-electron chi connectivity index (χ1n) is 8.41. The molecule has 0 bridgehead atoms. The normalized spacial score (nSPS) is 17.1. The molecule has 0 unspecified atom stereocenters. The maximum absolute atomic E-state index is 12.6. The smallest absolute Gasteiger partial charge is 0.257 e. The van der Waals surface area contributed by atoms with Crippen LogP contribution in [0.25, 0.3) is 0 Å². The summed E-state index contributed by atoms with van der Waals surface area (Å²) < 4.78 is 52.0. The minimum atomic E-state index is -3.43. The lowest BCUT2D eigenvalue weighted by atomic mass is 10.1. The molecule has 0 fully saturated rings. The standard InChI is InChI=1S/C17H16N4O5S3/c1-28(23,24)19-13-5-3-12(4-6-13)18-16(22)11-2-7-14-15(10-11)27-17-20-29(25,26)9-8-21(14)17/h2-7,10,19H,8-9H2,1H3,(H,18,22). The highest BCUT2D eigenvalue weighted by molar-refractivity contribution is 8.15. The van der Waals surface area contributed by atoms with Gasteiger partial charge in [-0.05, 0) is 54.2 Å². The number of carbonyl (C=O) groups is 1. The Kier molecular flexibility index (Phi) is 4.79. The number of fused-ring (bicyclic) bond motifs is 3. The zero-order valence-corrected chi connectivity index (χ0v) is 17.6. The first-order chi connectivity index (χ1) is 13.6. The molecule has 4 rings (SSSR count). The molecular weight excluding hydrogens is 436 g/mol. The first-order valence-corrected chi connectivity index (χ1v) is 12.7. The summed E-state index contributed by atoms with van der Waals surface area (Å²) in [5.74, 6) is -0.375. The summed E-state index contributed by atoms with van der Waals surface area (Å²) in [5, 5.41) is 3.15. The molecule has 2 aromatic rings. The van der Waals surface area contributed by atoms with Crippen LogP contribution >= 0.6 is 11.8 Å². The molecule has 0 aromatic heterocycles. The second-order valence-electron chi connectivity index (χ2n) is 6.50. The molecule has 0 atom stereocenters. The number of benzene rings is 2. The molecule has 2 aliphatic rings. The van der Waals surface area contributed by atoms with Gasteiger partial charge < -0.3 is 10.2 Å². The number of nitrogens with zero attached hydrogens (tertiary/aromatic N) is 2. The summed E-state index contributed by atoms with van der Waals surface area (Å²) in [6.07, 6.45) is 1.06. The lowest BCUT2D eigenvalue weighted by Gasteiger charge is -2.22. The predicted octanol–water partition coefficient (Wildman–Crippen LogP) is 1.92. The molecule has 0 saturated heterocycles. The first kappa shape index (κ1) is 19.7. The molecule has 0 aliphatic carbocycles. The van der Waals surface area contributed by atoms with Gasteiger partial charge in [-0.15, -0.1) is 4.40 Å². The third-order valence-electron chi connectivity index (χ3n) is 4.18. The van der Waals surface area contributed by atoms with Crippen molar-refractivity contribution in [3.05, 3.63) is 48.0 Å². The van der Waals surface area contributed by atoms with Crippen molar-refractivity contribution in [1.82, 2.24) is 0 Å². The summed E-state index contributed by atoms with van der Waals surface area (Å²) in [5.41, 5.74) is 2.15. The fourth-order valence-corrected chi connectivity index (χ4v) is 5.77. The number of carbonyl (C=O) groups excluding carboxylic acids is 1. The van der Waals surface area contributed by atoms with Crippen molar-refractivity contribution in [2.45, 2.75) is 4.90 Å². The van der Waals surface area contributed by atoms with E-state index >= 15 is 0 Å². The summed E-state index contributed by atoms with van der Waals surface area (Å²) in [4.78, 5) is 15.2. The van der Waals surface area contributed by atoms with E-state index in [4.69, 9.17) is 0 Å². The van der Waals surface area contributed by atoms with Crippen LogP contribution in [0.4, 0.5) is 17.1 Å². The SMILES string of the molecule is CS(=O)(=O)Nc1ccc(NC(=O)c2ccc3c(c2)SC2=NS(=O)(=O)CCN23)cc1. The van der Waals surface area contributed by atoms with Crippen LogP contribution in [-0.4, -0.2) is 46.5 Å². The molecule has 29 heavy (non-hydrogen) atoms. The Bertz CT molecular complexity index is 1240. The second kappa shape index (κ2) is 7.04. The predicted molar refractivity (Wildman–Crippen MR) is 114 cm³/mol. The Morgan fingerprint density at radius 2 is 1.83 bits per heavy atom. The van der Waals surface area contributed by atoms with Gasteiger partial charge in [-0.2, -0.15) is 0 Å². The van der Waals surface area contributed by atoms with E-state index in [1.165, 1.54) is 11.8 Å². The number of thioether (sulfide) groups is 1. The van der Waals surface area contributed by atoms with Gasteiger partial charge in [-0.1, -0.05) is 0 Å². The van der Waals surface area contributed by atoms with Crippen molar-refractivity contribution in [3.8, 4) is 0 Å². The highest BCUT2D eigenvalue weighted by Gasteiger charge is 2.33. The van der Waals surface area contributed by atoms with E-state index in [-0.39, 0.29) is 11.7 Å². The summed E-state index contributed by atoms with van der Waals surface area (Å²) in [6.45, 7) is 0.334. The van der Waals surface area contributed by atoms with Gasteiger partial charge in [0.05, 0.1) is 17.7 Å². The molecule has 152 valence electrons. The molecule has 0 radical (unpaired) electrons. The number of amidine groups is 1. The maximum Gasteiger partial charge on any atom is 0.257 e. The number of rotatable bonds is 4. The van der Waals surface area contributed by atoms with Gasteiger partial charge in [0.1, 0.15) is 0 Å². The van der Waals surface area contributed by atoms with Crippen molar-refractivity contribution >= 4 is 59.9 Å². The van der Waals surface area contributed by atoms with Crippen molar-refractivity contribution in [3.63, 3.8) is 0 Å². The molecular formula is C17H16N4O5S3. The molecule has 0 saturated carbocycles. The number of hydrogen-bond acceptors (Lipinski definition) is 7. The molecule has 2 N–H and O–H groups in total. The van der Waals surface area contributed by atoms with Gasteiger partial charge in [-0.25, -0.2) is 16.8 Å². The molecule has 2 aromatic carbocycles. The minimum Gasteiger partial charge on any atom is -0.322 e. The average molecular weight is 453 g/mol. The zero-order valence-electron chi connectivity index (χ0n) is 15.1. The van der Waals surface area contributed by atoms with Crippen LogP contribution in [-0.2, 0) is 20.0 Å². The Labute approximate surface area is 172 Å². The summed E-state index contributed by atoms with van der Waals surface area (Å²) in [6, 6.07) is 11.4.